The second-order valence-electron chi connectivity index (χ2n) is 4.51. The molecule has 0 aliphatic rings. The Morgan fingerprint density at radius 3 is 2.75 bits per heavy atom. The summed E-state index contributed by atoms with van der Waals surface area (Å²) in [6.45, 7) is 0. The summed E-state index contributed by atoms with van der Waals surface area (Å²) in [5.41, 5.74) is -0.171. The van der Waals surface area contributed by atoms with E-state index in [1.54, 1.807) is 0 Å². The first kappa shape index (κ1) is 16.1. The van der Waals surface area contributed by atoms with Crippen LogP contribution in [0.1, 0.15) is 11.3 Å². The number of halogens is 4. The average molecular weight is 357 g/mol. The van der Waals surface area contributed by atoms with Crippen molar-refractivity contribution in [2.75, 3.05) is 7.11 Å². The van der Waals surface area contributed by atoms with E-state index in [1.165, 1.54) is 30.2 Å². The third-order valence-corrected chi connectivity index (χ3v) is 3.26. The third kappa shape index (κ3) is 3.00. The van der Waals surface area contributed by atoms with Crippen LogP contribution >= 0.6 is 11.6 Å². The van der Waals surface area contributed by atoms with Crippen LogP contribution in [0.15, 0.2) is 29.8 Å². The molecule has 0 saturated heterocycles. The highest BCUT2D eigenvalue weighted by Crippen LogP contribution is 2.33. The number of hydrogen-bond donors (Lipinski definition) is 0. The van der Waals surface area contributed by atoms with Crippen LogP contribution in [-0.2, 0) is 11.0 Å². The van der Waals surface area contributed by atoms with Gasteiger partial charge in [-0.1, -0.05) is 16.8 Å². The van der Waals surface area contributed by atoms with Gasteiger partial charge >= 0.3 is 6.18 Å². The summed E-state index contributed by atoms with van der Waals surface area (Å²) in [6, 6.07) is 2.31. The fraction of sp³-hybridized carbons (Fsp3) is 0.154. The van der Waals surface area contributed by atoms with Gasteiger partial charge in [0.05, 0.1) is 28.2 Å². The van der Waals surface area contributed by atoms with Gasteiger partial charge in [0.25, 0.3) is 5.78 Å². The van der Waals surface area contributed by atoms with Gasteiger partial charge in [0.2, 0.25) is 0 Å². The van der Waals surface area contributed by atoms with E-state index in [0.717, 1.165) is 6.07 Å². The summed E-state index contributed by atoms with van der Waals surface area (Å²) in [4.78, 5) is 16.5. The van der Waals surface area contributed by atoms with Gasteiger partial charge in [-0.3, -0.25) is 4.98 Å². The van der Waals surface area contributed by atoms with Crippen molar-refractivity contribution < 1.29 is 18.0 Å². The van der Waals surface area contributed by atoms with Crippen molar-refractivity contribution in [2.45, 2.75) is 6.18 Å². The summed E-state index contributed by atoms with van der Waals surface area (Å²) >= 11 is 5.99. The maximum absolute atomic E-state index is 12.7. The number of rotatable bonds is 3. The van der Waals surface area contributed by atoms with Crippen LogP contribution in [0.4, 0.5) is 13.2 Å². The van der Waals surface area contributed by atoms with Crippen molar-refractivity contribution in [1.82, 2.24) is 24.6 Å². The van der Waals surface area contributed by atoms with Gasteiger partial charge in [-0.25, -0.2) is 4.98 Å². The molecule has 0 radical (unpaired) electrons. The molecule has 0 bridgehead atoms. The van der Waals surface area contributed by atoms with E-state index in [1.807, 2.05) is 0 Å². The molecule has 3 heterocycles. The van der Waals surface area contributed by atoms with Crippen molar-refractivity contribution in [2.24, 2.45) is 5.16 Å². The zero-order valence-electron chi connectivity index (χ0n) is 12.0. The van der Waals surface area contributed by atoms with Crippen LogP contribution in [0.25, 0.3) is 17.2 Å². The van der Waals surface area contributed by atoms with Gasteiger partial charge < -0.3 is 4.84 Å². The van der Waals surface area contributed by atoms with Crippen LogP contribution in [0, 0.1) is 0 Å². The SMILES string of the molecule is CO/N=C/c1cc(-c2ncc(C(F)(F)F)cc2Cl)n2ncnc2n1. The fourth-order valence-electron chi connectivity index (χ4n) is 1.95. The lowest BCUT2D eigenvalue weighted by Gasteiger charge is -2.10. The third-order valence-electron chi connectivity index (χ3n) is 2.97. The van der Waals surface area contributed by atoms with Crippen molar-refractivity contribution >= 4 is 23.6 Å². The van der Waals surface area contributed by atoms with Crippen LogP contribution in [0.5, 0.6) is 0 Å². The van der Waals surface area contributed by atoms with Gasteiger partial charge in [0.15, 0.2) is 0 Å². The summed E-state index contributed by atoms with van der Waals surface area (Å²) < 4.78 is 39.5. The number of pyridine rings is 1. The molecule has 24 heavy (non-hydrogen) atoms. The van der Waals surface area contributed by atoms with Crippen molar-refractivity contribution in [3.8, 4) is 11.4 Å². The van der Waals surface area contributed by atoms with E-state index in [0.29, 0.717) is 17.6 Å². The minimum Gasteiger partial charge on any atom is -0.399 e. The van der Waals surface area contributed by atoms with E-state index in [4.69, 9.17) is 11.6 Å². The molecule has 0 spiro atoms. The predicted molar refractivity (Wildman–Crippen MR) is 78.6 cm³/mol. The van der Waals surface area contributed by atoms with Crippen molar-refractivity contribution in [3.05, 3.63) is 40.9 Å². The lowest BCUT2D eigenvalue weighted by atomic mass is 10.2. The van der Waals surface area contributed by atoms with Crippen molar-refractivity contribution in [1.29, 1.82) is 0 Å². The highest BCUT2D eigenvalue weighted by Gasteiger charge is 2.32. The summed E-state index contributed by atoms with van der Waals surface area (Å²) in [5, 5.41) is 7.39. The van der Waals surface area contributed by atoms with Gasteiger partial charge in [0, 0.05) is 6.20 Å². The van der Waals surface area contributed by atoms with Crippen molar-refractivity contribution in [3.63, 3.8) is 0 Å². The highest BCUT2D eigenvalue weighted by molar-refractivity contribution is 6.33. The Labute approximate surface area is 137 Å². The molecule has 0 aliphatic heterocycles. The molecule has 7 nitrogen and oxygen atoms in total. The molecular weight excluding hydrogens is 349 g/mol. The Balaban J connectivity index is 2.18. The minimum atomic E-state index is -4.54. The maximum Gasteiger partial charge on any atom is 0.417 e. The van der Waals surface area contributed by atoms with Crippen LogP contribution in [0.3, 0.4) is 0 Å². The standard InChI is InChI=1S/C13H8ClF3N6O/c1-24-21-5-8-3-10(23-12(22-8)19-6-20-23)11-9(14)2-7(4-18-11)13(15,16)17/h2-6H,1H3/b21-5+. The number of alkyl halides is 3. The molecule has 0 unspecified atom stereocenters. The molecule has 3 aromatic rings. The molecule has 3 aromatic heterocycles. The first-order valence-electron chi connectivity index (χ1n) is 6.40. The first-order chi connectivity index (χ1) is 11.4. The van der Waals surface area contributed by atoms with Crippen LogP contribution in [-0.4, -0.2) is 37.9 Å². The Morgan fingerprint density at radius 2 is 2.08 bits per heavy atom. The molecule has 0 fully saturated rings. The summed E-state index contributed by atoms with van der Waals surface area (Å²) in [7, 11) is 1.36. The zero-order chi connectivity index (χ0) is 17.3. The van der Waals surface area contributed by atoms with Gasteiger partial charge in [0.1, 0.15) is 19.1 Å². The number of nitrogens with zero attached hydrogens (tertiary/aromatic N) is 6. The number of aromatic nitrogens is 5. The normalized spacial score (nSPS) is 12.2. The van der Waals surface area contributed by atoms with Crippen LogP contribution < -0.4 is 0 Å². The minimum absolute atomic E-state index is 0.106. The molecule has 0 amide bonds. The molecule has 0 aliphatic carbocycles. The molecule has 124 valence electrons. The molecule has 0 aromatic carbocycles. The predicted octanol–water partition coefficient (Wildman–Crippen LogP) is 2.84. The molecular formula is C13H8ClF3N6O. The Hall–Kier alpha value is -2.75. The lowest BCUT2D eigenvalue weighted by molar-refractivity contribution is -0.137. The Morgan fingerprint density at radius 1 is 1.29 bits per heavy atom. The summed E-state index contributed by atoms with van der Waals surface area (Å²) in [5.74, 6) is 0.211. The van der Waals surface area contributed by atoms with E-state index in [2.05, 4.69) is 30.0 Å². The molecule has 3 rings (SSSR count). The van der Waals surface area contributed by atoms with Gasteiger partial charge in [-0.2, -0.15) is 27.8 Å². The zero-order valence-corrected chi connectivity index (χ0v) is 12.7. The maximum atomic E-state index is 12.7. The Bertz CT molecular complexity index is 924. The highest BCUT2D eigenvalue weighted by atomic mass is 35.5. The summed E-state index contributed by atoms with van der Waals surface area (Å²) in [6.07, 6.45) is -1.27. The lowest BCUT2D eigenvalue weighted by Crippen LogP contribution is -2.07. The monoisotopic (exact) mass is 356 g/mol. The Kier molecular flexibility index (Phi) is 4.06. The van der Waals surface area contributed by atoms with E-state index in [-0.39, 0.29) is 16.5 Å². The molecule has 11 heteroatoms. The largest absolute Gasteiger partial charge is 0.417 e. The average Bonchev–Trinajstić information content (AvgIpc) is 2.99. The second-order valence-corrected chi connectivity index (χ2v) is 4.91. The number of hydrogen-bond acceptors (Lipinski definition) is 6. The molecule has 0 saturated carbocycles. The van der Waals surface area contributed by atoms with E-state index < -0.39 is 11.7 Å². The first-order valence-corrected chi connectivity index (χ1v) is 6.78. The van der Waals surface area contributed by atoms with E-state index >= 15 is 0 Å². The molecule has 0 atom stereocenters. The van der Waals surface area contributed by atoms with Crippen LogP contribution in [0.2, 0.25) is 5.02 Å². The van der Waals surface area contributed by atoms with Gasteiger partial charge in [-0.05, 0) is 12.1 Å². The van der Waals surface area contributed by atoms with E-state index in [9.17, 15) is 13.2 Å². The fourth-order valence-corrected chi connectivity index (χ4v) is 2.22. The quantitative estimate of drug-likeness (QED) is 0.532. The second kappa shape index (κ2) is 6.04. The van der Waals surface area contributed by atoms with Gasteiger partial charge in [-0.15, -0.1) is 0 Å². The smallest absolute Gasteiger partial charge is 0.399 e. The topological polar surface area (TPSA) is 77.6 Å². The molecule has 0 N–H and O–H groups in total. The number of fused-ring (bicyclic) bond motifs is 1. The number of oxime groups is 1.